The molecule has 0 fully saturated rings. The summed E-state index contributed by atoms with van der Waals surface area (Å²) in [5.41, 5.74) is 1.67. The zero-order valence-electron chi connectivity index (χ0n) is 10.7. The molecular weight excluding hydrogens is 296 g/mol. The molecule has 1 aromatic rings. The maximum absolute atomic E-state index is 11.9. The summed E-state index contributed by atoms with van der Waals surface area (Å²) >= 11 is 3.36. The van der Waals surface area contributed by atoms with Crippen molar-refractivity contribution in [3.05, 3.63) is 33.8 Å². The molecule has 0 aliphatic rings. The fourth-order valence-corrected chi connectivity index (χ4v) is 2.18. The molecule has 0 spiro atoms. The molecule has 0 aliphatic carbocycles. The Hall–Kier alpha value is -1.16. The number of esters is 1. The maximum Gasteiger partial charge on any atom is 0.305 e. The molecule has 0 heterocycles. The van der Waals surface area contributed by atoms with Crippen molar-refractivity contribution in [3.63, 3.8) is 0 Å². The highest BCUT2D eigenvalue weighted by Crippen LogP contribution is 2.18. The average molecular weight is 313 g/mol. The van der Waals surface area contributed by atoms with Crippen LogP contribution in [0.25, 0.3) is 0 Å². The van der Waals surface area contributed by atoms with E-state index in [0.717, 1.165) is 15.6 Å². The molecule has 4 heteroatoms. The third kappa shape index (κ3) is 4.61. The number of benzene rings is 1. The van der Waals surface area contributed by atoms with Gasteiger partial charge in [0.15, 0.2) is 5.78 Å². The smallest absolute Gasteiger partial charge is 0.305 e. The number of rotatable bonds is 6. The number of hydrogen-bond donors (Lipinski definition) is 0. The fourth-order valence-electron chi connectivity index (χ4n) is 1.70. The van der Waals surface area contributed by atoms with Crippen LogP contribution >= 0.6 is 15.9 Å². The van der Waals surface area contributed by atoms with E-state index in [1.807, 2.05) is 25.1 Å². The van der Waals surface area contributed by atoms with Crippen LogP contribution in [-0.4, -0.2) is 18.4 Å². The molecule has 0 atom stereocenters. The van der Waals surface area contributed by atoms with E-state index in [-0.39, 0.29) is 11.8 Å². The van der Waals surface area contributed by atoms with Gasteiger partial charge in [0.05, 0.1) is 6.61 Å². The maximum atomic E-state index is 11.9. The van der Waals surface area contributed by atoms with Gasteiger partial charge in [0.2, 0.25) is 0 Å². The lowest BCUT2D eigenvalue weighted by Gasteiger charge is -2.05. The number of halogens is 1. The van der Waals surface area contributed by atoms with Crippen molar-refractivity contribution in [2.45, 2.75) is 33.1 Å². The first-order chi connectivity index (χ1) is 8.54. The zero-order valence-corrected chi connectivity index (χ0v) is 12.2. The highest BCUT2D eigenvalue weighted by molar-refractivity contribution is 9.10. The highest BCUT2D eigenvalue weighted by Gasteiger charge is 2.10. The Morgan fingerprint density at radius 3 is 2.61 bits per heavy atom. The minimum atomic E-state index is -0.238. The quantitative estimate of drug-likeness (QED) is 0.594. The van der Waals surface area contributed by atoms with Crippen molar-refractivity contribution < 1.29 is 14.3 Å². The molecule has 0 aliphatic heterocycles. The summed E-state index contributed by atoms with van der Waals surface area (Å²) in [6.07, 6.45) is 1.21. The van der Waals surface area contributed by atoms with Crippen LogP contribution in [0.5, 0.6) is 0 Å². The first kappa shape index (κ1) is 14.9. The van der Waals surface area contributed by atoms with Crippen molar-refractivity contribution in [3.8, 4) is 0 Å². The second-order valence-electron chi connectivity index (χ2n) is 4.04. The van der Waals surface area contributed by atoms with Gasteiger partial charge in [-0.2, -0.15) is 0 Å². The van der Waals surface area contributed by atoms with Gasteiger partial charge in [0.1, 0.15) is 0 Å². The van der Waals surface area contributed by atoms with E-state index in [0.29, 0.717) is 25.9 Å². The van der Waals surface area contributed by atoms with Gasteiger partial charge in [-0.25, -0.2) is 0 Å². The molecule has 0 radical (unpaired) electrons. The Bertz CT molecular complexity index is 441. The lowest BCUT2D eigenvalue weighted by atomic mass is 10.0. The third-order valence-corrected chi connectivity index (χ3v) is 3.07. The second kappa shape index (κ2) is 7.31. The molecule has 0 bridgehead atoms. The Labute approximate surface area is 116 Å². The second-order valence-corrected chi connectivity index (χ2v) is 4.96. The van der Waals surface area contributed by atoms with Crippen LogP contribution in [-0.2, 0) is 9.53 Å². The van der Waals surface area contributed by atoms with Crippen molar-refractivity contribution in [2.24, 2.45) is 0 Å². The van der Waals surface area contributed by atoms with Crippen LogP contribution in [0.4, 0.5) is 0 Å². The summed E-state index contributed by atoms with van der Waals surface area (Å²) in [4.78, 5) is 23.1. The lowest BCUT2D eigenvalue weighted by Crippen LogP contribution is -2.06. The van der Waals surface area contributed by atoms with Crippen molar-refractivity contribution in [2.75, 3.05) is 6.61 Å². The highest BCUT2D eigenvalue weighted by atomic mass is 79.9. The Balaban J connectivity index is 2.48. The largest absolute Gasteiger partial charge is 0.466 e. The number of hydrogen-bond acceptors (Lipinski definition) is 3. The summed E-state index contributed by atoms with van der Waals surface area (Å²) < 4.78 is 5.77. The number of ketones is 1. The Morgan fingerprint density at radius 1 is 1.28 bits per heavy atom. The third-order valence-electron chi connectivity index (χ3n) is 2.58. The molecule has 0 saturated heterocycles. The molecule has 98 valence electrons. The average Bonchev–Trinajstić information content (AvgIpc) is 2.29. The molecule has 1 rings (SSSR count). The Morgan fingerprint density at radius 2 is 2.00 bits per heavy atom. The number of Topliss-reactive ketones (excluding diaryl/α,β-unsaturated/α-hetero) is 1. The van der Waals surface area contributed by atoms with Gasteiger partial charge in [0.25, 0.3) is 0 Å². The van der Waals surface area contributed by atoms with Gasteiger partial charge in [-0.1, -0.05) is 22.0 Å². The normalized spacial score (nSPS) is 10.2. The molecule has 0 unspecified atom stereocenters. The van der Waals surface area contributed by atoms with Gasteiger partial charge < -0.3 is 4.74 Å². The van der Waals surface area contributed by atoms with Gasteiger partial charge in [-0.05, 0) is 38.0 Å². The molecule has 0 amide bonds. The minimum Gasteiger partial charge on any atom is -0.466 e. The van der Waals surface area contributed by atoms with Gasteiger partial charge in [-0.3, -0.25) is 9.59 Å². The number of carbonyl (C=O) groups is 2. The van der Waals surface area contributed by atoms with Crippen LogP contribution in [0, 0.1) is 6.92 Å². The molecule has 0 saturated carbocycles. The van der Waals surface area contributed by atoms with Gasteiger partial charge >= 0.3 is 5.97 Å². The van der Waals surface area contributed by atoms with Crippen molar-refractivity contribution in [1.82, 2.24) is 0 Å². The van der Waals surface area contributed by atoms with Gasteiger partial charge in [-0.15, -0.1) is 0 Å². The van der Waals surface area contributed by atoms with Crippen molar-refractivity contribution in [1.29, 1.82) is 0 Å². The first-order valence-electron chi connectivity index (χ1n) is 5.99. The standard InChI is InChI=1S/C14H17BrO3/c1-3-18-14(17)6-4-5-13(16)12-8-7-11(15)9-10(12)2/h7-9H,3-6H2,1-2H3. The predicted octanol–water partition coefficient (Wildman–Crippen LogP) is 3.67. The summed E-state index contributed by atoms with van der Waals surface area (Å²) in [7, 11) is 0. The van der Waals surface area contributed by atoms with E-state index in [9.17, 15) is 9.59 Å². The van der Waals surface area contributed by atoms with E-state index < -0.39 is 0 Å². The van der Waals surface area contributed by atoms with Gasteiger partial charge in [0, 0.05) is 22.9 Å². The number of carbonyl (C=O) groups excluding carboxylic acids is 2. The van der Waals surface area contributed by atoms with E-state index in [1.165, 1.54) is 0 Å². The summed E-state index contributed by atoms with van der Waals surface area (Å²) in [5, 5.41) is 0. The van der Waals surface area contributed by atoms with E-state index in [1.54, 1.807) is 6.92 Å². The van der Waals surface area contributed by atoms with Crippen LogP contribution in [0.15, 0.2) is 22.7 Å². The van der Waals surface area contributed by atoms with Crippen LogP contribution < -0.4 is 0 Å². The monoisotopic (exact) mass is 312 g/mol. The van der Waals surface area contributed by atoms with Crippen molar-refractivity contribution >= 4 is 27.7 Å². The molecule has 3 nitrogen and oxygen atoms in total. The van der Waals surface area contributed by atoms with E-state index >= 15 is 0 Å². The molecule has 18 heavy (non-hydrogen) atoms. The molecular formula is C14H17BrO3. The summed E-state index contributed by atoms with van der Waals surface area (Å²) in [6, 6.07) is 5.58. The first-order valence-corrected chi connectivity index (χ1v) is 6.79. The zero-order chi connectivity index (χ0) is 13.5. The predicted molar refractivity (Wildman–Crippen MR) is 73.7 cm³/mol. The number of ether oxygens (including phenoxy) is 1. The lowest BCUT2D eigenvalue weighted by molar-refractivity contribution is -0.143. The number of aryl methyl sites for hydroxylation is 1. The SMILES string of the molecule is CCOC(=O)CCCC(=O)c1ccc(Br)cc1C. The molecule has 0 N–H and O–H groups in total. The van der Waals surface area contributed by atoms with Crippen LogP contribution in [0.3, 0.4) is 0 Å². The Kier molecular flexibility index (Phi) is 6.05. The van der Waals surface area contributed by atoms with E-state index in [4.69, 9.17) is 4.74 Å². The van der Waals surface area contributed by atoms with E-state index in [2.05, 4.69) is 15.9 Å². The summed E-state index contributed by atoms with van der Waals surface area (Å²) in [5.74, 6) is -0.165. The topological polar surface area (TPSA) is 43.4 Å². The summed E-state index contributed by atoms with van der Waals surface area (Å²) in [6.45, 7) is 4.07. The minimum absolute atomic E-state index is 0.0734. The van der Waals surface area contributed by atoms with Crippen LogP contribution in [0.2, 0.25) is 0 Å². The molecule has 1 aromatic carbocycles. The fraction of sp³-hybridized carbons (Fsp3) is 0.429. The van der Waals surface area contributed by atoms with Crippen LogP contribution in [0.1, 0.15) is 42.1 Å². The molecule has 0 aromatic heterocycles.